The van der Waals surface area contributed by atoms with E-state index in [1.165, 1.54) is 18.4 Å². The monoisotopic (exact) mass is 283 g/mol. The minimum Gasteiger partial charge on any atom is -0.384 e. The van der Waals surface area contributed by atoms with Crippen LogP contribution in [-0.2, 0) is 19.3 Å². The van der Waals surface area contributed by atoms with Gasteiger partial charge in [0, 0.05) is 24.5 Å². The van der Waals surface area contributed by atoms with Crippen molar-refractivity contribution < 1.29 is 0 Å². The van der Waals surface area contributed by atoms with Crippen LogP contribution in [0, 0.1) is 5.41 Å². The first-order valence-electron chi connectivity index (χ1n) is 7.60. The van der Waals surface area contributed by atoms with Crippen LogP contribution in [0.5, 0.6) is 0 Å². The van der Waals surface area contributed by atoms with E-state index < -0.39 is 0 Å². The van der Waals surface area contributed by atoms with Crippen LogP contribution in [0.2, 0.25) is 0 Å². The van der Waals surface area contributed by atoms with Gasteiger partial charge < -0.3 is 5.73 Å². The SMILES string of the molecule is CCCc1nccn1-c1nc2c(cc1C(=N)N)CCCC2. The third kappa shape index (κ3) is 2.55. The summed E-state index contributed by atoms with van der Waals surface area (Å²) in [6.07, 6.45) is 10.0. The van der Waals surface area contributed by atoms with Gasteiger partial charge in [0.15, 0.2) is 0 Å². The molecule has 3 rings (SSSR count). The van der Waals surface area contributed by atoms with E-state index in [2.05, 4.69) is 18.0 Å². The molecule has 0 atom stereocenters. The summed E-state index contributed by atoms with van der Waals surface area (Å²) in [5, 5.41) is 7.87. The van der Waals surface area contributed by atoms with Gasteiger partial charge >= 0.3 is 0 Å². The minimum absolute atomic E-state index is 0.0713. The van der Waals surface area contributed by atoms with Crippen molar-refractivity contribution in [2.24, 2.45) is 5.73 Å². The summed E-state index contributed by atoms with van der Waals surface area (Å²) in [5.41, 5.74) is 8.89. The highest BCUT2D eigenvalue weighted by Gasteiger charge is 2.18. The van der Waals surface area contributed by atoms with Crippen molar-refractivity contribution in [3.8, 4) is 5.82 Å². The largest absolute Gasteiger partial charge is 0.384 e. The normalized spacial score (nSPS) is 14.0. The maximum Gasteiger partial charge on any atom is 0.149 e. The van der Waals surface area contributed by atoms with Gasteiger partial charge in [-0.25, -0.2) is 9.97 Å². The maximum absolute atomic E-state index is 7.87. The first-order chi connectivity index (χ1) is 10.2. The zero-order valence-corrected chi connectivity index (χ0v) is 12.4. The number of hydrogen-bond acceptors (Lipinski definition) is 3. The molecule has 21 heavy (non-hydrogen) atoms. The Morgan fingerprint density at radius 2 is 2.19 bits per heavy atom. The highest BCUT2D eigenvalue weighted by molar-refractivity contribution is 5.98. The van der Waals surface area contributed by atoms with Crippen LogP contribution < -0.4 is 5.73 Å². The van der Waals surface area contributed by atoms with E-state index in [1.54, 1.807) is 6.20 Å². The molecule has 0 unspecified atom stereocenters. The predicted octanol–water partition coefficient (Wildman–Crippen LogP) is 2.38. The van der Waals surface area contributed by atoms with Gasteiger partial charge in [-0.15, -0.1) is 0 Å². The van der Waals surface area contributed by atoms with Gasteiger partial charge in [0.1, 0.15) is 17.5 Å². The number of hydrogen-bond donors (Lipinski definition) is 2. The highest BCUT2D eigenvalue weighted by atomic mass is 15.1. The molecule has 110 valence electrons. The molecule has 5 heteroatoms. The first-order valence-corrected chi connectivity index (χ1v) is 7.60. The summed E-state index contributed by atoms with van der Waals surface area (Å²) in [6.45, 7) is 2.13. The van der Waals surface area contributed by atoms with Crippen molar-refractivity contribution in [3.05, 3.63) is 41.1 Å². The number of nitrogens with zero attached hydrogens (tertiary/aromatic N) is 3. The summed E-state index contributed by atoms with van der Waals surface area (Å²) in [5.74, 6) is 1.80. The molecule has 0 radical (unpaired) electrons. The van der Waals surface area contributed by atoms with E-state index in [0.29, 0.717) is 5.56 Å². The second-order valence-electron chi connectivity index (χ2n) is 5.55. The lowest BCUT2D eigenvalue weighted by Gasteiger charge is -2.19. The molecule has 3 N–H and O–H groups in total. The molecule has 0 amide bonds. The van der Waals surface area contributed by atoms with Crippen LogP contribution in [0.4, 0.5) is 0 Å². The summed E-state index contributed by atoms with van der Waals surface area (Å²) < 4.78 is 1.98. The van der Waals surface area contributed by atoms with Crippen molar-refractivity contribution in [1.82, 2.24) is 14.5 Å². The van der Waals surface area contributed by atoms with Gasteiger partial charge in [-0.3, -0.25) is 9.98 Å². The molecule has 0 spiro atoms. The smallest absolute Gasteiger partial charge is 0.149 e. The molecular weight excluding hydrogens is 262 g/mol. The third-order valence-electron chi connectivity index (χ3n) is 3.99. The van der Waals surface area contributed by atoms with E-state index >= 15 is 0 Å². The van der Waals surface area contributed by atoms with Crippen LogP contribution >= 0.6 is 0 Å². The molecule has 1 aliphatic rings. The number of imidazole rings is 1. The second-order valence-corrected chi connectivity index (χ2v) is 5.55. The molecule has 0 bridgehead atoms. The van der Waals surface area contributed by atoms with Crippen molar-refractivity contribution >= 4 is 5.84 Å². The van der Waals surface area contributed by atoms with Gasteiger partial charge in [-0.1, -0.05) is 6.92 Å². The molecule has 5 nitrogen and oxygen atoms in total. The molecule has 2 aromatic rings. The van der Waals surface area contributed by atoms with Gasteiger partial charge in [0.05, 0.1) is 5.56 Å². The predicted molar refractivity (Wildman–Crippen MR) is 83.0 cm³/mol. The fraction of sp³-hybridized carbons (Fsp3) is 0.438. The lowest BCUT2D eigenvalue weighted by atomic mass is 9.94. The van der Waals surface area contributed by atoms with E-state index in [4.69, 9.17) is 16.1 Å². The fourth-order valence-electron chi connectivity index (χ4n) is 2.94. The average Bonchev–Trinajstić information content (AvgIpc) is 2.94. The molecule has 0 saturated heterocycles. The molecule has 0 aliphatic heterocycles. The van der Waals surface area contributed by atoms with E-state index in [9.17, 15) is 0 Å². The van der Waals surface area contributed by atoms with E-state index in [1.807, 2.05) is 10.8 Å². The number of nitrogens with two attached hydrogens (primary N) is 1. The number of nitrogens with one attached hydrogen (secondary N) is 1. The van der Waals surface area contributed by atoms with Gasteiger partial charge in [0.2, 0.25) is 0 Å². The average molecular weight is 283 g/mol. The molecule has 1 aliphatic carbocycles. The Morgan fingerprint density at radius 3 is 2.95 bits per heavy atom. The first kappa shape index (κ1) is 13.8. The molecule has 2 heterocycles. The number of aromatic nitrogens is 3. The molecular formula is C16H21N5. The van der Waals surface area contributed by atoms with Gasteiger partial charge in [-0.05, 0) is 43.7 Å². The summed E-state index contributed by atoms with van der Waals surface area (Å²) in [7, 11) is 0. The van der Waals surface area contributed by atoms with Gasteiger partial charge in [0.25, 0.3) is 0 Å². The topological polar surface area (TPSA) is 80.6 Å². The minimum atomic E-state index is 0.0713. The fourth-order valence-corrected chi connectivity index (χ4v) is 2.94. The lowest BCUT2D eigenvalue weighted by Crippen LogP contribution is -2.20. The summed E-state index contributed by atoms with van der Waals surface area (Å²) >= 11 is 0. The van der Waals surface area contributed by atoms with Crippen LogP contribution in [0.25, 0.3) is 5.82 Å². The quantitative estimate of drug-likeness (QED) is 0.667. The summed E-state index contributed by atoms with van der Waals surface area (Å²) in [4.78, 5) is 9.23. The van der Waals surface area contributed by atoms with Crippen LogP contribution in [0.15, 0.2) is 18.5 Å². The third-order valence-corrected chi connectivity index (χ3v) is 3.99. The molecule has 2 aromatic heterocycles. The number of amidine groups is 1. The standard InChI is InChI=1S/C16H21N5/c1-2-5-14-19-8-9-21(14)16-12(15(17)18)10-11-6-3-4-7-13(11)20-16/h8-10H,2-7H2,1H3,(H3,17,18). The second kappa shape index (κ2) is 5.68. The Morgan fingerprint density at radius 1 is 1.38 bits per heavy atom. The number of aryl methyl sites for hydroxylation is 3. The Bertz CT molecular complexity index is 671. The van der Waals surface area contributed by atoms with Gasteiger partial charge in [-0.2, -0.15) is 0 Å². The molecule has 0 aromatic carbocycles. The lowest BCUT2D eigenvalue weighted by molar-refractivity contribution is 0.663. The Hall–Kier alpha value is -2.17. The Kier molecular flexibility index (Phi) is 3.73. The zero-order chi connectivity index (χ0) is 14.8. The zero-order valence-electron chi connectivity index (χ0n) is 12.4. The maximum atomic E-state index is 7.87. The number of pyridine rings is 1. The molecule has 0 saturated carbocycles. The van der Waals surface area contributed by atoms with E-state index in [-0.39, 0.29) is 5.84 Å². The highest BCUT2D eigenvalue weighted by Crippen LogP contribution is 2.24. The van der Waals surface area contributed by atoms with Crippen molar-refractivity contribution in [2.45, 2.75) is 45.4 Å². The number of fused-ring (bicyclic) bond motifs is 1. The van der Waals surface area contributed by atoms with Crippen molar-refractivity contribution in [2.75, 3.05) is 0 Å². The van der Waals surface area contributed by atoms with Crippen molar-refractivity contribution in [3.63, 3.8) is 0 Å². The number of nitrogen functional groups attached to an aromatic ring is 1. The van der Waals surface area contributed by atoms with Crippen LogP contribution in [0.1, 0.15) is 48.8 Å². The number of rotatable bonds is 4. The van der Waals surface area contributed by atoms with Crippen LogP contribution in [-0.4, -0.2) is 20.4 Å². The van der Waals surface area contributed by atoms with E-state index in [0.717, 1.165) is 43.0 Å². The Balaban J connectivity index is 2.15. The van der Waals surface area contributed by atoms with Crippen molar-refractivity contribution in [1.29, 1.82) is 5.41 Å². The molecule has 0 fully saturated rings. The summed E-state index contributed by atoms with van der Waals surface area (Å²) in [6, 6.07) is 2.05. The Labute approximate surface area is 124 Å². The van der Waals surface area contributed by atoms with Crippen LogP contribution in [0.3, 0.4) is 0 Å².